The third-order valence-electron chi connectivity index (χ3n) is 3.25. The van der Waals surface area contributed by atoms with Crippen molar-refractivity contribution in [1.29, 1.82) is 0 Å². The van der Waals surface area contributed by atoms with E-state index in [9.17, 15) is 9.90 Å². The van der Waals surface area contributed by atoms with Crippen molar-refractivity contribution in [1.82, 2.24) is 5.32 Å². The van der Waals surface area contributed by atoms with Crippen molar-refractivity contribution in [3.05, 3.63) is 0 Å². The number of aliphatic hydroxyl groups excluding tert-OH is 1. The van der Waals surface area contributed by atoms with Crippen molar-refractivity contribution in [2.45, 2.75) is 44.4 Å². The highest BCUT2D eigenvalue weighted by atomic mass is 35.5. The minimum atomic E-state index is -0.496. The van der Waals surface area contributed by atoms with E-state index in [2.05, 4.69) is 5.32 Å². The number of hydrogen-bond donors (Lipinski definition) is 2. The average Bonchev–Trinajstić information content (AvgIpc) is 2.27. The lowest BCUT2D eigenvalue weighted by Gasteiger charge is -2.35. The molecule has 0 bridgehead atoms. The van der Waals surface area contributed by atoms with Crippen molar-refractivity contribution in [2.24, 2.45) is 5.41 Å². The topological polar surface area (TPSA) is 49.3 Å². The van der Waals surface area contributed by atoms with Gasteiger partial charge >= 0.3 is 0 Å². The summed E-state index contributed by atoms with van der Waals surface area (Å²) >= 11 is 5.66. The highest BCUT2D eigenvalue weighted by Gasteiger charge is 2.31. The van der Waals surface area contributed by atoms with Crippen molar-refractivity contribution >= 4 is 17.5 Å². The normalized spacial score (nSPS) is 22.1. The number of hydrogen-bond acceptors (Lipinski definition) is 2. The molecule has 1 aliphatic rings. The molecule has 4 heteroatoms. The molecule has 3 nitrogen and oxygen atoms in total. The Hall–Kier alpha value is -0.280. The molecule has 0 radical (unpaired) electrons. The minimum absolute atomic E-state index is 0.0975. The SMILES string of the molecule is CC(Cl)C(=O)NCC1(CO)CCCCC1. The Labute approximate surface area is 96.2 Å². The molecule has 0 saturated heterocycles. The maximum Gasteiger partial charge on any atom is 0.237 e. The summed E-state index contributed by atoms with van der Waals surface area (Å²) in [6.07, 6.45) is 5.53. The van der Waals surface area contributed by atoms with Crippen molar-refractivity contribution in [3.8, 4) is 0 Å². The van der Waals surface area contributed by atoms with Gasteiger partial charge in [-0.05, 0) is 19.8 Å². The molecule has 1 aliphatic carbocycles. The van der Waals surface area contributed by atoms with E-state index in [0.29, 0.717) is 6.54 Å². The zero-order chi connectivity index (χ0) is 11.3. The largest absolute Gasteiger partial charge is 0.396 e. The van der Waals surface area contributed by atoms with Crippen LogP contribution in [0.3, 0.4) is 0 Å². The summed E-state index contributed by atoms with van der Waals surface area (Å²) in [7, 11) is 0. The number of carbonyl (C=O) groups is 1. The highest BCUT2D eigenvalue weighted by molar-refractivity contribution is 6.30. The number of alkyl halides is 1. The molecule has 0 aromatic heterocycles. The van der Waals surface area contributed by atoms with Crippen LogP contribution >= 0.6 is 11.6 Å². The maximum atomic E-state index is 11.3. The van der Waals surface area contributed by atoms with E-state index in [1.165, 1.54) is 6.42 Å². The lowest BCUT2D eigenvalue weighted by Crippen LogP contribution is -2.43. The second-order valence-electron chi connectivity index (χ2n) is 4.55. The smallest absolute Gasteiger partial charge is 0.237 e. The number of aliphatic hydroxyl groups is 1. The first kappa shape index (κ1) is 12.8. The van der Waals surface area contributed by atoms with Crippen LogP contribution in [0.2, 0.25) is 0 Å². The zero-order valence-electron chi connectivity index (χ0n) is 9.26. The summed E-state index contributed by atoms with van der Waals surface area (Å²) in [6.45, 7) is 2.37. The second-order valence-corrected chi connectivity index (χ2v) is 5.21. The minimum Gasteiger partial charge on any atom is -0.396 e. The fourth-order valence-corrected chi connectivity index (χ4v) is 2.18. The van der Waals surface area contributed by atoms with E-state index in [1.54, 1.807) is 6.92 Å². The Kier molecular flexibility index (Phi) is 4.87. The molecule has 1 unspecified atom stereocenters. The molecule has 0 aliphatic heterocycles. The Bertz CT molecular complexity index is 213. The highest BCUT2D eigenvalue weighted by Crippen LogP contribution is 2.35. The lowest BCUT2D eigenvalue weighted by molar-refractivity contribution is -0.121. The molecule has 0 aromatic carbocycles. The van der Waals surface area contributed by atoms with E-state index in [0.717, 1.165) is 25.7 Å². The molecular weight excluding hydrogens is 214 g/mol. The average molecular weight is 234 g/mol. The number of amides is 1. The van der Waals surface area contributed by atoms with Gasteiger partial charge in [-0.1, -0.05) is 19.3 Å². The van der Waals surface area contributed by atoms with Crippen LogP contribution in [-0.4, -0.2) is 29.5 Å². The number of rotatable bonds is 4. The van der Waals surface area contributed by atoms with Gasteiger partial charge in [0.25, 0.3) is 0 Å². The van der Waals surface area contributed by atoms with Gasteiger partial charge < -0.3 is 10.4 Å². The molecular formula is C11H20ClNO2. The summed E-state index contributed by atoms with van der Waals surface area (Å²) in [6, 6.07) is 0. The predicted octanol–water partition coefficient (Wildman–Crippen LogP) is 1.67. The number of halogens is 1. The summed E-state index contributed by atoms with van der Waals surface area (Å²) in [5, 5.41) is 11.7. The van der Waals surface area contributed by atoms with Gasteiger partial charge in [0.2, 0.25) is 5.91 Å². The Morgan fingerprint density at radius 1 is 1.47 bits per heavy atom. The van der Waals surface area contributed by atoms with Crippen LogP contribution in [0.4, 0.5) is 0 Å². The monoisotopic (exact) mass is 233 g/mol. The lowest BCUT2D eigenvalue weighted by atomic mass is 9.74. The Morgan fingerprint density at radius 2 is 2.07 bits per heavy atom. The molecule has 1 atom stereocenters. The molecule has 1 saturated carbocycles. The van der Waals surface area contributed by atoms with Gasteiger partial charge in [0, 0.05) is 12.0 Å². The summed E-state index contributed by atoms with van der Waals surface area (Å²) in [4.78, 5) is 11.3. The van der Waals surface area contributed by atoms with Crippen LogP contribution in [0.25, 0.3) is 0 Å². The van der Waals surface area contributed by atoms with Gasteiger partial charge in [-0.25, -0.2) is 0 Å². The summed E-state index contributed by atoms with van der Waals surface area (Å²) in [5.74, 6) is -0.143. The van der Waals surface area contributed by atoms with E-state index in [4.69, 9.17) is 11.6 Å². The van der Waals surface area contributed by atoms with Crippen LogP contribution < -0.4 is 5.32 Å². The van der Waals surface area contributed by atoms with Crippen LogP contribution in [0.15, 0.2) is 0 Å². The van der Waals surface area contributed by atoms with E-state index >= 15 is 0 Å². The van der Waals surface area contributed by atoms with E-state index in [1.807, 2.05) is 0 Å². The second kappa shape index (κ2) is 5.71. The first-order valence-electron chi connectivity index (χ1n) is 5.62. The fourth-order valence-electron chi connectivity index (χ4n) is 2.11. The molecule has 2 N–H and O–H groups in total. The van der Waals surface area contributed by atoms with Gasteiger partial charge in [0.05, 0.1) is 6.61 Å². The van der Waals surface area contributed by atoms with Crippen LogP contribution in [-0.2, 0) is 4.79 Å². The van der Waals surface area contributed by atoms with E-state index < -0.39 is 5.38 Å². The molecule has 1 amide bonds. The molecule has 1 rings (SSSR count). The third kappa shape index (κ3) is 3.65. The van der Waals surface area contributed by atoms with Gasteiger partial charge in [-0.2, -0.15) is 0 Å². The summed E-state index contributed by atoms with van der Waals surface area (Å²) in [5.41, 5.74) is -0.0975. The van der Waals surface area contributed by atoms with Gasteiger partial charge in [-0.3, -0.25) is 4.79 Å². The van der Waals surface area contributed by atoms with Crippen molar-refractivity contribution in [3.63, 3.8) is 0 Å². The number of nitrogens with one attached hydrogen (secondary N) is 1. The van der Waals surface area contributed by atoms with Crippen LogP contribution in [0.1, 0.15) is 39.0 Å². The first-order chi connectivity index (χ1) is 7.09. The summed E-state index contributed by atoms with van der Waals surface area (Å²) < 4.78 is 0. The standard InChI is InChI=1S/C11H20ClNO2/c1-9(12)10(15)13-7-11(8-14)5-3-2-4-6-11/h9,14H,2-8H2,1H3,(H,13,15). The predicted molar refractivity (Wildman–Crippen MR) is 60.9 cm³/mol. The van der Waals surface area contributed by atoms with Crippen LogP contribution in [0.5, 0.6) is 0 Å². The molecule has 88 valence electrons. The molecule has 0 heterocycles. The fraction of sp³-hybridized carbons (Fsp3) is 0.909. The van der Waals surface area contributed by atoms with Crippen LogP contribution in [0, 0.1) is 5.41 Å². The molecule has 1 fully saturated rings. The first-order valence-corrected chi connectivity index (χ1v) is 6.06. The zero-order valence-corrected chi connectivity index (χ0v) is 10.0. The van der Waals surface area contributed by atoms with Gasteiger partial charge in [0.1, 0.15) is 5.38 Å². The molecule has 0 spiro atoms. The van der Waals surface area contributed by atoms with Gasteiger partial charge in [0.15, 0.2) is 0 Å². The Morgan fingerprint density at radius 3 is 2.53 bits per heavy atom. The molecule has 15 heavy (non-hydrogen) atoms. The maximum absolute atomic E-state index is 11.3. The molecule has 0 aromatic rings. The van der Waals surface area contributed by atoms with Crippen molar-refractivity contribution in [2.75, 3.05) is 13.2 Å². The van der Waals surface area contributed by atoms with Crippen molar-refractivity contribution < 1.29 is 9.90 Å². The van der Waals surface area contributed by atoms with Gasteiger partial charge in [-0.15, -0.1) is 11.6 Å². The quantitative estimate of drug-likeness (QED) is 0.726. The third-order valence-corrected chi connectivity index (χ3v) is 3.45. The van der Waals surface area contributed by atoms with E-state index in [-0.39, 0.29) is 17.9 Å². The number of carbonyl (C=O) groups excluding carboxylic acids is 1. The Balaban J connectivity index is 2.42.